The van der Waals surface area contributed by atoms with Crippen molar-refractivity contribution >= 4 is 16.8 Å². The molecule has 2 heterocycles. The molecule has 3 aromatic rings. The molecular weight excluding hydrogens is 320 g/mol. The van der Waals surface area contributed by atoms with Crippen molar-refractivity contribution in [3.05, 3.63) is 35.8 Å². The van der Waals surface area contributed by atoms with Crippen molar-refractivity contribution in [3.63, 3.8) is 0 Å². The van der Waals surface area contributed by atoms with E-state index in [9.17, 15) is 4.79 Å². The number of nitrogens with one attached hydrogen (secondary N) is 2. The van der Waals surface area contributed by atoms with Crippen LogP contribution in [0.1, 0.15) is 36.6 Å². The van der Waals surface area contributed by atoms with Crippen molar-refractivity contribution < 1.29 is 9.53 Å². The Morgan fingerprint density at radius 2 is 2.40 bits per heavy atom. The molecule has 1 atom stereocenters. The molecule has 1 amide bonds. The Morgan fingerprint density at radius 1 is 1.48 bits per heavy atom. The second kappa shape index (κ2) is 6.54. The highest BCUT2D eigenvalue weighted by Crippen LogP contribution is 2.36. The van der Waals surface area contributed by atoms with Gasteiger partial charge in [0.15, 0.2) is 0 Å². The SMILES string of the molecule is COc1ccc2[nH]c3c(c2c1)CCC[C@H]3NC(=O)CCn1cnnn1. The van der Waals surface area contributed by atoms with Gasteiger partial charge in [-0.25, -0.2) is 4.68 Å². The molecule has 0 aliphatic heterocycles. The normalized spacial score (nSPS) is 16.6. The average molecular weight is 340 g/mol. The molecule has 8 nitrogen and oxygen atoms in total. The lowest BCUT2D eigenvalue weighted by Crippen LogP contribution is -2.31. The predicted molar refractivity (Wildman–Crippen MR) is 91.1 cm³/mol. The zero-order chi connectivity index (χ0) is 17.2. The number of carbonyl (C=O) groups excluding carboxylic acids is 1. The van der Waals surface area contributed by atoms with Gasteiger partial charge in [-0.15, -0.1) is 5.10 Å². The first kappa shape index (κ1) is 15.6. The maximum atomic E-state index is 12.3. The summed E-state index contributed by atoms with van der Waals surface area (Å²) in [6.45, 7) is 0.475. The van der Waals surface area contributed by atoms with Crippen LogP contribution in [0, 0.1) is 0 Å². The Morgan fingerprint density at radius 3 is 3.20 bits per heavy atom. The Kier molecular flexibility index (Phi) is 4.09. The summed E-state index contributed by atoms with van der Waals surface area (Å²) in [6.07, 6.45) is 4.87. The van der Waals surface area contributed by atoms with Crippen LogP contribution in [0.25, 0.3) is 10.9 Å². The minimum atomic E-state index is 0.00425. The van der Waals surface area contributed by atoms with Gasteiger partial charge < -0.3 is 15.0 Å². The van der Waals surface area contributed by atoms with E-state index in [1.54, 1.807) is 11.8 Å². The maximum Gasteiger partial charge on any atom is 0.222 e. The highest BCUT2D eigenvalue weighted by Gasteiger charge is 2.25. The topological polar surface area (TPSA) is 97.7 Å². The Balaban J connectivity index is 1.52. The van der Waals surface area contributed by atoms with Gasteiger partial charge in [-0.3, -0.25) is 4.79 Å². The van der Waals surface area contributed by atoms with Crippen molar-refractivity contribution in [3.8, 4) is 5.75 Å². The lowest BCUT2D eigenvalue weighted by atomic mass is 9.91. The van der Waals surface area contributed by atoms with E-state index in [4.69, 9.17) is 4.74 Å². The Bertz CT molecular complexity index is 886. The molecule has 4 rings (SSSR count). The van der Waals surface area contributed by atoms with Crippen molar-refractivity contribution in [2.24, 2.45) is 0 Å². The summed E-state index contributed by atoms with van der Waals surface area (Å²) in [5, 5.41) is 15.2. The number of tetrazole rings is 1. The maximum absolute atomic E-state index is 12.3. The summed E-state index contributed by atoms with van der Waals surface area (Å²) >= 11 is 0. The molecule has 0 saturated heterocycles. The van der Waals surface area contributed by atoms with E-state index in [0.717, 1.165) is 36.2 Å². The second-order valence-corrected chi connectivity index (χ2v) is 6.26. The van der Waals surface area contributed by atoms with Crippen LogP contribution in [0.5, 0.6) is 5.75 Å². The van der Waals surface area contributed by atoms with Crippen molar-refractivity contribution in [1.82, 2.24) is 30.5 Å². The van der Waals surface area contributed by atoms with Gasteiger partial charge >= 0.3 is 0 Å². The van der Waals surface area contributed by atoms with Gasteiger partial charge in [-0.2, -0.15) is 0 Å². The number of rotatable bonds is 5. The third-order valence-corrected chi connectivity index (χ3v) is 4.71. The molecule has 1 aromatic carbocycles. The summed E-state index contributed by atoms with van der Waals surface area (Å²) in [6, 6.07) is 6.06. The first-order chi connectivity index (χ1) is 12.2. The van der Waals surface area contributed by atoms with E-state index in [-0.39, 0.29) is 11.9 Å². The number of aromatic nitrogens is 5. The number of nitrogens with zero attached hydrogens (tertiary/aromatic N) is 4. The molecule has 8 heteroatoms. The van der Waals surface area contributed by atoms with Crippen molar-refractivity contribution in [1.29, 1.82) is 0 Å². The molecular formula is C17H20N6O2. The minimum Gasteiger partial charge on any atom is -0.497 e. The van der Waals surface area contributed by atoms with Gasteiger partial charge in [0, 0.05) is 23.0 Å². The molecule has 2 aromatic heterocycles. The van der Waals surface area contributed by atoms with Crippen LogP contribution in [0.3, 0.4) is 0 Å². The Labute approximate surface area is 144 Å². The summed E-state index contributed by atoms with van der Waals surface area (Å²) in [4.78, 5) is 15.8. The number of aryl methyl sites for hydroxylation is 2. The number of fused-ring (bicyclic) bond motifs is 3. The fourth-order valence-electron chi connectivity index (χ4n) is 3.48. The lowest BCUT2D eigenvalue weighted by molar-refractivity contribution is -0.122. The average Bonchev–Trinajstić information content (AvgIpc) is 3.27. The van der Waals surface area contributed by atoms with Gasteiger partial charge in [0.1, 0.15) is 12.1 Å². The van der Waals surface area contributed by atoms with E-state index in [1.807, 2.05) is 12.1 Å². The van der Waals surface area contributed by atoms with Crippen molar-refractivity contribution in [2.45, 2.75) is 38.3 Å². The van der Waals surface area contributed by atoms with Crippen molar-refractivity contribution in [2.75, 3.05) is 7.11 Å². The molecule has 1 aliphatic rings. The highest BCUT2D eigenvalue weighted by molar-refractivity contribution is 5.87. The first-order valence-electron chi connectivity index (χ1n) is 8.43. The summed E-state index contributed by atoms with van der Waals surface area (Å²) < 4.78 is 6.90. The van der Waals surface area contributed by atoms with Crippen LogP contribution in [-0.4, -0.2) is 38.2 Å². The van der Waals surface area contributed by atoms with Gasteiger partial charge in [0.2, 0.25) is 5.91 Å². The number of ether oxygens (including phenoxy) is 1. The third-order valence-electron chi connectivity index (χ3n) is 4.71. The zero-order valence-corrected chi connectivity index (χ0v) is 14.0. The summed E-state index contributed by atoms with van der Waals surface area (Å²) in [7, 11) is 1.67. The fraction of sp³-hybridized carbons (Fsp3) is 0.412. The molecule has 0 saturated carbocycles. The number of amides is 1. The van der Waals surface area contributed by atoms with Crippen LogP contribution in [0.4, 0.5) is 0 Å². The number of benzene rings is 1. The van der Waals surface area contributed by atoms with Crippen LogP contribution < -0.4 is 10.1 Å². The number of carbonyl (C=O) groups is 1. The quantitative estimate of drug-likeness (QED) is 0.737. The number of H-pyrrole nitrogens is 1. The van der Waals surface area contributed by atoms with E-state index in [1.165, 1.54) is 17.3 Å². The first-order valence-corrected chi connectivity index (χ1v) is 8.43. The monoisotopic (exact) mass is 340 g/mol. The van der Waals surface area contributed by atoms with Gasteiger partial charge in [0.25, 0.3) is 0 Å². The van der Waals surface area contributed by atoms with Gasteiger partial charge in [-0.05, 0) is 53.5 Å². The van der Waals surface area contributed by atoms with E-state index < -0.39 is 0 Å². The molecule has 0 spiro atoms. The second-order valence-electron chi connectivity index (χ2n) is 6.26. The molecule has 2 N–H and O–H groups in total. The molecule has 1 aliphatic carbocycles. The molecule has 130 valence electrons. The van der Waals surface area contributed by atoms with E-state index >= 15 is 0 Å². The molecule has 25 heavy (non-hydrogen) atoms. The van der Waals surface area contributed by atoms with E-state index in [2.05, 4.69) is 31.9 Å². The Hall–Kier alpha value is -2.90. The molecule has 0 fully saturated rings. The number of aromatic amines is 1. The van der Waals surface area contributed by atoms with Crippen LogP contribution in [-0.2, 0) is 17.8 Å². The number of hydrogen-bond donors (Lipinski definition) is 2. The smallest absolute Gasteiger partial charge is 0.222 e. The van der Waals surface area contributed by atoms with E-state index in [0.29, 0.717) is 13.0 Å². The minimum absolute atomic E-state index is 0.00425. The fourth-order valence-corrected chi connectivity index (χ4v) is 3.48. The standard InChI is InChI=1S/C17H20N6O2/c1-25-11-5-6-14-13(9-11)12-3-2-4-15(17(12)20-14)19-16(24)7-8-23-10-18-21-22-23/h5-6,9-10,15,20H,2-4,7-8H2,1H3,(H,19,24)/t15-/m1/s1. The summed E-state index contributed by atoms with van der Waals surface area (Å²) in [5.41, 5.74) is 3.48. The number of methoxy groups -OCH3 is 1. The predicted octanol–water partition coefficient (Wildman–Crippen LogP) is 1.75. The van der Waals surface area contributed by atoms with Gasteiger partial charge in [0.05, 0.1) is 19.7 Å². The summed E-state index contributed by atoms with van der Waals surface area (Å²) in [5.74, 6) is 0.853. The molecule has 0 unspecified atom stereocenters. The lowest BCUT2D eigenvalue weighted by Gasteiger charge is -2.23. The van der Waals surface area contributed by atoms with Gasteiger partial charge in [-0.1, -0.05) is 0 Å². The van der Waals surface area contributed by atoms with Crippen LogP contribution in [0.2, 0.25) is 0 Å². The van der Waals surface area contributed by atoms with Crippen LogP contribution in [0.15, 0.2) is 24.5 Å². The molecule has 0 bridgehead atoms. The number of hydrogen-bond acceptors (Lipinski definition) is 5. The zero-order valence-electron chi connectivity index (χ0n) is 14.0. The molecule has 0 radical (unpaired) electrons. The third kappa shape index (κ3) is 3.07. The largest absolute Gasteiger partial charge is 0.497 e. The highest BCUT2D eigenvalue weighted by atomic mass is 16.5. The van der Waals surface area contributed by atoms with Crippen LogP contribution >= 0.6 is 0 Å².